The Morgan fingerprint density at radius 3 is 0.932 bits per heavy atom. The summed E-state index contributed by atoms with van der Waals surface area (Å²) in [4.78, 5) is 0. The Morgan fingerprint density at radius 1 is 0.356 bits per heavy atom. The first-order chi connectivity index (χ1) is 34.7. The van der Waals surface area contributed by atoms with E-state index in [2.05, 4.69) is 255 Å². The summed E-state index contributed by atoms with van der Waals surface area (Å²) in [5, 5.41) is 0.221. The molecule has 0 spiro atoms. The van der Waals surface area contributed by atoms with E-state index in [0.717, 1.165) is 37.6 Å². The number of thioether (sulfide) groups is 1. The SMILES string of the molecule is CCCCCCOc1c(C(C)(C)C)cc(C=Cc2ccc(C(SC(c3ccccc3)c3ccc(C=Cc4cc(C(C)(C)C)c(OCCCCCC)c(C(C)(C)C)c4)cc3)c3ccccc3)cc2)cc1C(C)(C)C. The summed E-state index contributed by atoms with van der Waals surface area (Å²) in [7, 11) is 0. The zero-order valence-electron chi connectivity index (χ0n) is 47.5. The van der Waals surface area contributed by atoms with Crippen LogP contribution in [0.5, 0.6) is 11.5 Å². The summed E-state index contributed by atoms with van der Waals surface area (Å²) >= 11 is 2.01. The molecule has 6 rings (SSSR count). The van der Waals surface area contributed by atoms with E-state index in [1.807, 2.05) is 11.8 Å². The van der Waals surface area contributed by atoms with Gasteiger partial charge in [0.25, 0.3) is 0 Å². The predicted octanol–water partition coefficient (Wildman–Crippen LogP) is 20.7. The van der Waals surface area contributed by atoms with Gasteiger partial charge in [-0.15, -0.1) is 11.8 Å². The number of benzene rings is 6. The van der Waals surface area contributed by atoms with E-state index in [1.165, 1.54) is 105 Å². The summed E-state index contributed by atoms with van der Waals surface area (Å²) in [6.07, 6.45) is 18.7. The number of ether oxygens (including phenoxy) is 2. The van der Waals surface area contributed by atoms with Crippen molar-refractivity contribution in [1.82, 2.24) is 0 Å². The van der Waals surface area contributed by atoms with Gasteiger partial charge in [-0.25, -0.2) is 0 Å². The first-order valence-electron chi connectivity index (χ1n) is 27.6. The molecule has 0 aromatic heterocycles. The molecule has 0 aliphatic rings. The van der Waals surface area contributed by atoms with E-state index < -0.39 is 0 Å². The highest BCUT2D eigenvalue weighted by Crippen LogP contribution is 2.48. The van der Waals surface area contributed by atoms with Gasteiger partial charge >= 0.3 is 0 Å². The van der Waals surface area contributed by atoms with Crippen LogP contribution in [-0.2, 0) is 21.7 Å². The molecule has 0 fully saturated rings. The van der Waals surface area contributed by atoms with Crippen LogP contribution in [-0.4, -0.2) is 13.2 Å². The monoisotopic (exact) mass is 995 g/mol. The Labute approximate surface area is 448 Å². The van der Waals surface area contributed by atoms with Crippen LogP contribution in [0.15, 0.2) is 133 Å². The molecule has 6 aromatic rings. The lowest BCUT2D eigenvalue weighted by molar-refractivity contribution is 0.289. The van der Waals surface area contributed by atoms with Crippen molar-refractivity contribution in [3.63, 3.8) is 0 Å². The lowest BCUT2D eigenvalue weighted by atomic mass is 9.78. The number of unbranched alkanes of at least 4 members (excludes halogenated alkanes) is 6. The second kappa shape index (κ2) is 25.8. The fourth-order valence-electron chi connectivity index (χ4n) is 9.48. The maximum Gasteiger partial charge on any atom is 0.126 e. The minimum Gasteiger partial charge on any atom is -0.493 e. The summed E-state index contributed by atoms with van der Waals surface area (Å²) in [5.41, 5.74) is 14.8. The zero-order chi connectivity index (χ0) is 52.8. The van der Waals surface area contributed by atoms with Gasteiger partial charge in [0.05, 0.1) is 23.7 Å². The molecule has 0 amide bonds. The highest BCUT2D eigenvalue weighted by molar-refractivity contribution is 8.00. The number of rotatable bonds is 22. The van der Waals surface area contributed by atoms with Crippen molar-refractivity contribution in [3.05, 3.63) is 200 Å². The quantitative estimate of drug-likeness (QED) is 0.0499. The Hall–Kier alpha value is -5.25. The van der Waals surface area contributed by atoms with E-state index in [4.69, 9.17) is 9.47 Å². The normalized spacial score (nSPS) is 13.5. The highest BCUT2D eigenvalue weighted by Gasteiger charge is 2.30. The van der Waals surface area contributed by atoms with E-state index in [0.29, 0.717) is 0 Å². The van der Waals surface area contributed by atoms with E-state index in [-0.39, 0.29) is 32.2 Å². The molecule has 0 saturated carbocycles. The molecule has 0 heterocycles. The Bertz CT molecular complexity index is 2420. The van der Waals surface area contributed by atoms with Crippen molar-refractivity contribution in [2.75, 3.05) is 13.2 Å². The Kier molecular flexibility index (Phi) is 20.2. The third kappa shape index (κ3) is 16.4. The molecule has 0 aliphatic heterocycles. The van der Waals surface area contributed by atoms with E-state index >= 15 is 0 Å². The molecule has 0 radical (unpaired) electrons. The molecular formula is C70H90O2S. The van der Waals surface area contributed by atoms with E-state index in [1.54, 1.807) is 0 Å². The molecule has 6 aromatic carbocycles. The Balaban J connectivity index is 1.28. The fourth-order valence-corrected chi connectivity index (χ4v) is 11.0. The minimum absolute atomic E-state index is 0.0605. The summed E-state index contributed by atoms with van der Waals surface area (Å²) in [5.74, 6) is 2.15. The third-order valence-electron chi connectivity index (χ3n) is 13.8. The van der Waals surface area contributed by atoms with Crippen LogP contribution in [0.2, 0.25) is 0 Å². The fraction of sp³-hybridized carbons (Fsp3) is 0.429. The molecule has 0 aliphatic carbocycles. The van der Waals surface area contributed by atoms with Crippen molar-refractivity contribution in [2.45, 2.75) is 180 Å². The van der Waals surface area contributed by atoms with Crippen LogP contribution in [0, 0.1) is 0 Å². The van der Waals surface area contributed by atoms with Gasteiger partial charge in [-0.3, -0.25) is 0 Å². The van der Waals surface area contributed by atoms with Crippen molar-refractivity contribution < 1.29 is 9.47 Å². The maximum absolute atomic E-state index is 6.68. The van der Waals surface area contributed by atoms with Gasteiger partial charge in [0.1, 0.15) is 11.5 Å². The van der Waals surface area contributed by atoms with Gasteiger partial charge in [-0.05, 0) is 103 Å². The van der Waals surface area contributed by atoms with E-state index in [9.17, 15) is 0 Å². The molecule has 73 heavy (non-hydrogen) atoms. The van der Waals surface area contributed by atoms with Crippen LogP contribution in [0.4, 0.5) is 0 Å². The molecule has 3 heteroatoms. The first kappa shape index (κ1) is 57.0. The maximum atomic E-state index is 6.68. The molecular weight excluding hydrogens is 905 g/mol. The lowest BCUT2D eigenvalue weighted by Gasteiger charge is -2.30. The Morgan fingerprint density at radius 2 is 0.644 bits per heavy atom. The topological polar surface area (TPSA) is 18.5 Å². The third-order valence-corrected chi connectivity index (χ3v) is 15.5. The predicted molar refractivity (Wildman–Crippen MR) is 322 cm³/mol. The van der Waals surface area contributed by atoms with Gasteiger partial charge in [0, 0.05) is 22.3 Å². The second-order valence-electron chi connectivity index (χ2n) is 24.4. The van der Waals surface area contributed by atoms with Crippen molar-refractivity contribution in [3.8, 4) is 11.5 Å². The van der Waals surface area contributed by atoms with Crippen molar-refractivity contribution >= 4 is 36.1 Å². The van der Waals surface area contributed by atoms with Crippen LogP contribution in [0.25, 0.3) is 24.3 Å². The van der Waals surface area contributed by atoms with Gasteiger partial charge in [0.15, 0.2) is 0 Å². The molecule has 388 valence electrons. The van der Waals surface area contributed by atoms with Crippen LogP contribution in [0.1, 0.15) is 226 Å². The molecule has 2 nitrogen and oxygen atoms in total. The number of hydrogen-bond acceptors (Lipinski definition) is 3. The average molecular weight is 996 g/mol. The molecule has 2 atom stereocenters. The van der Waals surface area contributed by atoms with Gasteiger partial charge in [0.2, 0.25) is 0 Å². The summed E-state index contributed by atoms with van der Waals surface area (Å²) < 4.78 is 13.4. The molecule has 0 bridgehead atoms. The largest absolute Gasteiger partial charge is 0.493 e. The molecule has 0 saturated heterocycles. The molecule has 2 unspecified atom stereocenters. The average Bonchev–Trinajstić information content (AvgIpc) is 3.35. The van der Waals surface area contributed by atoms with Gasteiger partial charge < -0.3 is 9.47 Å². The van der Waals surface area contributed by atoms with Crippen molar-refractivity contribution in [1.29, 1.82) is 0 Å². The second-order valence-corrected chi connectivity index (χ2v) is 25.6. The van der Waals surface area contributed by atoms with Crippen molar-refractivity contribution in [2.24, 2.45) is 0 Å². The number of hydrogen-bond donors (Lipinski definition) is 0. The molecule has 0 N–H and O–H groups in total. The highest BCUT2D eigenvalue weighted by atomic mass is 32.2. The summed E-state index contributed by atoms with van der Waals surface area (Å²) in [6.45, 7) is 33.7. The summed E-state index contributed by atoms with van der Waals surface area (Å²) in [6, 6.07) is 49.9. The van der Waals surface area contributed by atoms with Gasteiger partial charge in [-0.2, -0.15) is 0 Å². The standard InChI is InChI=1S/C70H90O2S/c1-15-17-19-27-45-71-63-59(67(3,4)5)47-53(48-60(63)68(6,7)8)35-33-51-37-41-57(42-38-51)65(55-29-23-21-24-30-55)73-66(56-31-25-22-26-32-56)58-43-39-52(40-44-58)34-36-54-49-61(69(9,10)11)64(62(50-54)70(12,13)14)72-46-28-20-18-16-2/h21-26,29-44,47-50,65-66H,15-20,27-28,45-46H2,1-14H3. The zero-order valence-corrected chi connectivity index (χ0v) is 48.3. The van der Waals surface area contributed by atoms with Gasteiger partial charge in [-0.1, -0.05) is 269 Å². The lowest BCUT2D eigenvalue weighted by Crippen LogP contribution is -2.20. The first-order valence-corrected chi connectivity index (χ1v) is 28.6. The van der Waals surface area contributed by atoms with Crippen LogP contribution >= 0.6 is 11.8 Å². The van der Waals surface area contributed by atoms with Crippen LogP contribution in [0.3, 0.4) is 0 Å². The van der Waals surface area contributed by atoms with Crippen LogP contribution < -0.4 is 9.47 Å². The minimum atomic E-state index is -0.0605. The smallest absolute Gasteiger partial charge is 0.126 e.